The van der Waals surface area contributed by atoms with Gasteiger partial charge in [-0.2, -0.15) is 0 Å². The van der Waals surface area contributed by atoms with E-state index in [1.165, 1.54) is 24.0 Å². The summed E-state index contributed by atoms with van der Waals surface area (Å²) in [6.45, 7) is 4.39. The first-order valence-corrected chi connectivity index (χ1v) is 7.23. The quantitative estimate of drug-likeness (QED) is 0.761. The first-order valence-electron chi connectivity index (χ1n) is 7.23. The van der Waals surface area contributed by atoms with Crippen molar-refractivity contribution in [3.8, 4) is 11.4 Å². The molecule has 0 bridgehead atoms. The molecule has 2 aromatic rings. The number of aryl methyl sites for hydroxylation is 2. The van der Waals surface area contributed by atoms with Crippen molar-refractivity contribution >= 4 is 0 Å². The summed E-state index contributed by atoms with van der Waals surface area (Å²) in [6.07, 6.45) is 9.72. The molecule has 100 valence electrons. The van der Waals surface area contributed by atoms with Gasteiger partial charge in [-0.25, -0.2) is 9.97 Å². The molecule has 0 atom stereocenters. The Labute approximate surface area is 115 Å². The number of hydrogen-bond acceptors (Lipinski definition) is 2. The third-order valence-corrected chi connectivity index (χ3v) is 3.28. The predicted octanol–water partition coefficient (Wildman–Crippen LogP) is 4.44. The Bertz CT molecular complexity index is 486. The zero-order valence-electron chi connectivity index (χ0n) is 11.9. The molecule has 0 aliphatic carbocycles. The van der Waals surface area contributed by atoms with Crippen LogP contribution in [0.25, 0.3) is 11.4 Å². The minimum absolute atomic E-state index is 0.821. The predicted molar refractivity (Wildman–Crippen MR) is 80.1 cm³/mol. The summed E-state index contributed by atoms with van der Waals surface area (Å²) in [5.74, 6) is 0.821. The molecule has 0 fully saturated rings. The number of unbranched alkanes of at least 4 members (excludes halogenated alkanes) is 1. The monoisotopic (exact) mass is 254 g/mol. The van der Waals surface area contributed by atoms with E-state index in [1.54, 1.807) is 0 Å². The van der Waals surface area contributed by atoms with E-state index in [2.05, 4.69) is 48.1 Å². The molecule has 0 spiro atoms. The molecule has 1 heterocycles. The Balaban J connectivity index is 2.08. The van der Waals surface area contributed by atoms with Gasteiger partial charge in [0.2, 0.25) is 0 Å². The Kier molecular flexibility index (Phi) is 5.08. The number of hydrogen-bond donors (Lipinski definition) is 0. The van der Waals surface area contributed by atoms with Crippen molar-refractivity contribution in [2.45, 2.75) is 46.0 Å². The highest BCUT2D eigenvalue weighted by molar-refractivity contribution is 5.55. The topological polar surface area (TPSA) is 25.8 Å². The second-order valence-electron chi connectivity index (χ2n) is 4.97. The van der Waals surface area contributed by atoms with E-state index in [-0.39, 0.29) is 0 Å². The van der Waals surface area contributed by atoms with Gasteiger partial charge in [0.1, 0.15) is 0 Å². The van der Waals surface area contributed by atoms with E-state index in [0.29, 0.717) is 0 Å². The smallest absolute Gasteiger partial charge is 0.159 e. The SMILES string of the molecule is CCCCc1ccc(-c2ncc(CCC)cn2)cc1. The van der Waals surface area contributed by atoms with Crippen molar-refractivity contribution in [1.29, 1.82) is 0 Å². The molecule has 1 aromatic carbocycles. The van der Waals surface area contributed by atoms with Crippen molar-refractivity contribution in [3.05, 3.63) is 47.8 Å². The van der Waals surface area contributed by atoms with Crippen molar-refractivity contribution in [3.63, 3.8) is 0 Å². The summed E-state index contributed by atoms with van der Waals surface area (Å²) < 4.78 is 0. The molecular formula is C17H22N2. The Hall–Kier alpha value is -1.70. The molecule has 0 aliphatic rings. The van der Waals surface area contributed by atoms with Crippen LogP contribution in [-0.4, -0.2) is 9.97 Å². The molecule has 19 heavy (non-hydrogen) atoms. The van der Waals surface area contributed by atoms with E-state index in [9.17, 15) is 0 Å². The minimum atomic E-state index is 0.821. The van der Waals surface area contributed by atoms with Gasteiger partial charge in [-0.1, -0.05) is 51.0 Å². The van der Waals surface area contributed by atoms with Crippen molar-refractivity contribution in [2.75, 3.05) is 0 Å². The van der Waals surface area contributed by atoms with Crippen LogP contribution in [0.5, 0.6) is 0 Å². The molecule has 0 amide bonds. The molecule has 0 N–H and O–H groups in total. The van der Waals surface area contributed by atoms with Crippen LogP contribution >= 0.6 is 0 Å². The maximum Gasteiger partial charge on any atom is 0.159 e. The third-order valence-electron chi connectivity index (χ3n) is 3.28. The van der Waals surface area contributed by atoms with Gasteiger partial charge < -0.3 is 0 Å². The molecule has 2 rings (SSSR count). The largest absolute Gasteiger partial charge is 0.236 e. The van der Waals surface area contributed by atoms with Crippen LogP contribution in [0.4, 0.5) is 0 Å². The van der Waals surface area contributed by atoms with Crippen molar-refractivity contribution < 1.29 is 0 Å². The van der Waals surface area contributed by atoms with Crippen LogP contribution < -0.4 is 0 Å². The standard InChI is InChI=1S/C17H22N2/c1-3-5-7-14-8-10-16(11-9-14)17-18-12-15(6-4-2)13-19-17/h8-13H,3-7H2,1-2H3. The molecule has 0 saturated carbocycles. The first-order chi connectivity index (χ1) is 9.33. The van der Waals surface area contributed by atoms with E-state index < -0.39 is 0 Å². The highest BCUT2D eigenvalue weighted by Crippen LogP contribution is 2.16. The second-order valence-corrected chi connectivity index (χ2v) is 4.97. The van der Waals surface area contributed by atoms with Gasteiger partial charge in [0.05, 0.1) is 0 Å². The summed E-state index contributed by atoms with van der Waals surface area (Å²) in [7, 11) is 0. The first kappa shape index (κ1) is 13.7. The number of aromatic nitrogens is 2. The Morgan fingerprint density at radius 2 is 1.47 bits per heavy atom. The van der Waals surface area contributed by atoms with Crippen LogP contribution in [0.15, 0.2) is 36.7 Å². The molecule has 2 nitrogen and oxygen atoms in total. The van der Waals surface area contributed by atoms with Crippen molar-refractivity contribution in [1.82, 2.24) is 9.97 Å². The Morgan fingerprint density at radius 1 is 0.789 bits per heavy atom. The van der Waals surface area contributed by atoms with Gasteiger partial charge in [-0.15, -0.1) is 0 Å². The molecule has 0 aliphatic heterocycles. The zero-order chi connectivity index (χ0) is 13.5. The van der Waals surface area contributed by atoms with E-state index in [4.69, 9.17) is 0 Å². The van der Waals surface area contributed by atoms with Gasteiger partial charge in [0.15, 0.2) is 5.82 Å². The lowest BCUT2D eigenvalue weighted by atomic mass is 10.1. The van der Waals surface area contributed by atoms with Crippen LogP contribution in [-0.2, 0) is 12.8 Å². The van der Waals surface area contributed by atoms with E-state index in [0.717, 1.165) is 30.7 Å². The van der Waals surface area contributed by atoms with E-state index in [1.807, 2.05) is 12.4 Å². The lowest BCUT2D eigenvalue weighted by molar-refractivity contribution is 0.795. The highest BCUT2D eigenvalue weighted by atomic mass is 14.9. The lowest BCUT2D eigenvalue weighted by Gasteiger charge is -2.04. The third kappa shape index (κ3) is 3.88. The Morgan fingerprint density at radius 3 is 2.05 bits per heavy atom. The minimum Gasteiger partial charge on any atom is -0.236 e. The maximum absolute atomic E-state index is 4.45. The van der Waals surface area contributed by atoms with Crippen LogP contribution in [0.3, 0.4) is 0 Å². The second kappa shape index (κ2) is 7.03. The number of rotatable bonds is 6. The van der Waals surface area contributed by atoms with Gasteiger partial charge in [0, 0.05) is 18.0 Å². The van der Waals surface area contributed by atoms with Gasteiger partial charge >= 0.3 is 0 Å². The fourth-order valence-electron chi connectivity index (χ4n) is 2.12. The number of nitrogens with zero attached hydrogens (tertiary/aromatic N) is 2. The molecule has 0 saturated heterocycles. The lowest BCUT2D eigenvalue weighted by Crippen LogP contribution is -1.93. The average Bonchev–Trinajstić information content (AvgIpc) is 2.47. The summed E-state index contributed by atoms with van der Waals surface area (Å²) in [4.78, 5) is 8.90. The summed E-state index contributed by atoms with van der Waals surface area (Å²) in [5.41, 5.74) is 3.71. The summed E-state index contributed by atoms with van der Waals surface area (Å²) >= 11 is 0. The van der Waals surface area contributed by atoms with Crippen LogP contribution in [0, 0.1) is 0 Å². The molecular weight excluding hydrogens is 232 g/mol. The van der Waals surface area contributed by atoms with Crippen LogP contribution in [0.2, 0.25) is 0 Å². The van der Waals surface area contributed by atoms with E-state index >= 15 is 0 Å². The fourth-order valence-corrected chi connectivity index (χ4v) is 2.12. The highest BCUT2D eigenvalue weighted by Gasteiger charge is 2.01. The van der Waals surface area contributed by atoms with Gasteiger partial charge in [-0.3, -0.25) is 0 Å². The van der Waals surface area contributed by atoms with Gasteiger partial charge in [-0.05, 0) is 30.4 Å². The average molecular weight is 254 g/mol. The maximum atomic E-state index is 4.45. The summed E-state index contributed by atoms with van der Waals surface area (Å²) in [6, 6.07) is 8.63. The molecule has 1 aromatic heterocycles. The normalized spacial score (nSPS) is 10.6. The molecule has 2 heteroatoms. The zero-order valence-corrected chi connectivity index (χ0v) is 11.9. The van der Waals surface area contributed by atoms with Gasteiger partial charge in [0.25, 0.3) is 0 Å². The van der Waals surface area contributed by atoms with Crippen LogP contribution in [0.1, 0.15) is 44.2 Å². The molecule has 0 unspecified atom stereocenters. The molecule has 0 radical (unpaired) electrons. The van der Waals surface area contributed by atoms with Crippen molar-refractivity contribution in [2.24, 2.45) is 0 Å². The fraction of sp³-hybridized carbons (Fsp3) is 0.412. The summed E-state index contributed by atoms with van der Waals surface area (Å²) in [5, 5.41) is 0. The number of benzene rings is 1.